The Kier molecular flexibility index (Phi) is 7.18. The first-order valence-corrected chi connectivity index (χ1v) is 13.6. The molecule has 1 fully saturated rings. The van der Waals surface area contributed by atoms with Crippen LogP contribution in [-0.2, 0) is 10.0 Å². The number of hydrogen-bond donors (Lipinski definition) is 1. The fourth-order valence-corrected chi connectivity index (χ4v) is 5.25. The summed E-state index contributed by atoms with van der Waals surface area (Å²) in [6, 6.07) is 23.7. The summed E-state index contributed by atoms with van der Waals surface area (Å²) in [5.41, 5.74) is 2.52. The lowest BCUT2D eigenvalue weighted by molar-refractivity contribution is 0.284. The van der Waals surface area contributed by atoms with Crippen molar-refractivity contribution in [3.05, 3.63) is 95.5 Å². The monoisotopic (exact) mass is 519 g/mol. The van der Waals surface area contributed by atoms with E-state index in [2.05, 4.69) is 43.8 Å². The van der Waals surface area contributed by atoms with Crippen LogP contribution in [0.3, 0.4) is 0 Å². The van der Waals surface area contributed by atoms with E-state index in [0.717, 1.165) is 25.2 Å². The summed E-state index contributed by atoms with van der Waals surface area (Å²) in [6.07, 6.45) is 4.30. The molecule has 1 N–H and O–H groups in total. The van der Waals surface area contributed by atoms with Crippen LogP contribution >= 0.6 is 11.6 Å². The van der Waals surface area contributed by atoms with Crippen molar-refractivity contribution < 1.29 is 8.42 Å². The highest BCUT2D eigenvalue weighted by Crippen LogP contribution is 2.28. The molecule has 0 atom stereocenters. The van der Waals surface area contributed by atoms with Gasteiger partial charge in [0.2, 0.25) is 0 Å². The molecule has 3 aromatic carbocycles. The zero-order valence-corrected chi connectivity index (χ0v) is 21.2. The zero-order valence-electron chi connectivity index (χ0n) is 19.6. The third-order valence-corrected chi connectivity index (χ3v) is 7.66. The highest BCUT2D eigenvalue weighted by atomic mass is 35.5. The molecule has 1 aliphatic rings. The van der Waals surface area contributed by atoms with Crippen molar-refractivity contribution in [2.75, 3.05) is 42.3 Å². The Hall–Kier alpha value is -3.46. The van der Waals surface area contributed by atoms with Gasteiger partial charge in [-0.15, -0.1) is 0 Å². The minimum absolute atomic E-state index is 0.114. The number of anilines is 2. The molecule has 36 heavy (non-hydrogen) atoms. The summed E-state index contributed by atoms with van der Waals surface area (Å²) in [7, 11) is -3.87. The molecule has 1 aliphatic heterocycles. The Balaban J connectivity index is 1.35. The minimum Gasteiger partial charge on any atom is -0.351 e. The number of nitrogens with one attached hydrogen (secondary N) is 1. The van der Waals surface area contributed by atoms with Gasteiger partial charge in [-0.05, 0) is 42.0 Å². The zero-order chi connectivity index (χ0) is 25.0. The van der Waals surface area contributed by atoms with E-state index < -0.39 is 10.0 Å². The largest absolute Gasteiger partial charge is 0.351 e. The second kappa shape index (κ2) is 10.7. The van der Waals surface area contributed by atoms with E-state index >= 15 is 0 Å². The van der Waals surface area contributed by atoms with Crippen molar-refractivity contribution in [2.24, 2.45) is 0 Å². The maximum atomic E-state index is 13.1. The first-order chi connectivity index (χ1) is 17.5. The molecule has 0 unspecified atom stereocenters. The number of rotatable bonds is 7. The van der Waals surface area contributed by atoms with Gasteiger partial charge in [-0.2, -0.15) is 0 Å². The number of aromatic nitrogens is 2. The molecule has 1 saturated heterocycles. The molecule has 0 saturated carbocycles. The van der Waals surface area contributed by atoms with E-state index in [9.17, 15) is 8.42 Å². The standard InChI is InChI=1S/C27H26ClN5O2S/c28-22-12-14-23(15-13-22)36(34,35)31-26-27(30-25-11-5-4-10-24(25)29-26)33-19-17-32(18-20-33)16-6-9-21-7-2-1-3-8-21/h1-15H,16-20H2,(H,29,31). The van der Waals surface area contributed by atoms with Crippen LogP contribution in [0.1, 0.15) is 5.56 Å². The molecule has 0 spiro atoms. The predicted octanol–water partition coefficient (Wildman–Crippen LogP) is 4.92. The molecule has 2 heterocycles. The lowest BCUT2D eigenvalue weighted by atomic mass is 10.2. The number of para-hydroxylation sites is 2. The fourth-order valence-electron chi connectivity index (χ4n) is 4.12. The van der Waals surface area contributed by atoms with Gasteiger partial charge in [0, 0.05) is 37.7 Å². The Bertz CT molecular complexity index is 1470. The maximum Gasteiger partial charge on any atom is 0.263 e. The molecule has 184 valence electrons. The van der Waals surface area contributed by atoms with E-state index in [1.807, 2.05) is 42.5 Å². The van der Waals surface area contributed by atoms with Crippen molar-refractivity contribution in [1.82, 2.24) is 14.9 Å². The molecule has 1 aromatic heterocycles. The van der Waals surface area contributed by atoms with Crippen molar-refractivity contribution in [3.63, 3.8) is 0 Å². The lowest BCUT2D eigenvalue weighted by Crippen LogP contribution is -2.47. The van der Waals surface area contributed by atoms with Crippen LogP contribution in [0.25, 0.3) is 17.1 Å². The van der Waals surface area contributed by atoms with Crippen LogP contribution in [0.4, 0.5) is 11.6 Å². The van der Waals surface area contributed by atoms with Crippen LogP contribution in [0.5, 0.6) is 0 Å². The molecule has 0 bridgehead atoms. The summed E-state index contributed by atoms with van der Waals surface area (Å²) in [4.78, 5) is 14.0. The average molecular weight is 520 g/mol. The highest BCUT2D eigenvalue weighted by molar-refractivity contribution is 7.92. The van der Waals surface area contributed by atoms with Crippen molar-refractivity contribution >= 4 is 50.4 Å². The Morgan fingerprint density at radius 3 is 2.17 bits per heavy atom. The third kappa shape index (κ3) is 5.67. The Morgan fingerprint density at radius 1 is 0.833 bits per heavy atom. The van der Waals surface area contributed by atoms with E-state index in [4.69, 9.17) is 16.6 Å². The number of benzene rings is 3. The number of sulfonamides is 1. The minimum atomic E-state index is -3.87. The molecule has 4 aromatic rings. The normalized spacial score (nSPS) is 15.0. The van der Waals surface area contributed by atoms with Gasteiger partial charge in [0.05, 0.1) is 15.9 Å². The van der Waals surface area contributed by atoms with Gasteiger partial charge in [-0.1, -0.05) is 66.2 Å². The summed E-state index contributed by atoms with van der Waals surface area (Å²) in [6.45, 7) is 3.93. The van der Waals surface area contributed by atoms with Crippen LogP contribution in [0.2, 0.25) is 5.02 Å². The molecular weight excluding hydrogens is 494 g/mol. The van der Waals surface area contributed by atoms with Gasteiger partial charge in [0.15, 0.2) is 11.6 Å². The molecule has 9 heteroatoms. The van der Waals surface area contributed by atoms with Gasteiger partial charge in [-0.25, -0.2) is 18.4 Å². The van der Waals surface area contributed by atoms with Crippen LogP contribution in [0, 0.1) is 0 Å². The second-order valence-electron chi connectivity index (χ2n) is 8.54. The van der Waals surface area contributed by atoms with Crippen molar-refractivity contribution in [1.29, 1.82) is 0 Å². The number of hydrogen-bond acceptors (Lipinski definition) is 6. The smallest absolute Gasteiger partial charge is 0.263 e. The van der Waals surface area contributed by atoms with Gasteiger partial charge in [0.1, 0.15) is 0 Å². The van der Waals surface area contributed by atoms with Crippen molar-refractivity contribution in [3.8, 4) is 0 Å². The second-order valence-corrected chi connectivity index (χ2v) is 10.7. The van der Waals surface area contributed by atoms with E-state index in [1.54, 1.807) is 12.1 Å². The fraction of sp³-hybridized carbons (Fsp3) is 0.185. The van der Waals surface area contributed by atoms with Crippen LogP contribution < -0.4 is 9.62 Å². The number of halogens is 1. The molecular formula is C27H26ClN5O2S. The summed E-state index contributed by atoms with van der Waals surface area (Å²) in [5.74, 6) is 0.756. The third-order valence-electron chi connectivity index (χ3n) is 6.05. The van der Waals surface area contributed by atoms with Crippen molar-refractivity contribution in [2.45, 2.75) is 4.90 Å². The molecule has 7 nitrogen and oxygen atoms in total. The van der Waals surface area contributed by atoms with E-state index in [0.29, 0.717) is 29.4 Å². The average Bonchev–Trinajstić information content (AvgIpc) is 2.89. The first-order valence-electron chi connectivity index (χ1n) is 11.7. The summed E-state index contributed by atoms with van der Waals surface area (Å²) >= 11 is 5.94. The number of piperazine rings is 1. The molecule has 0 aliphatic carbocycles. The van der Waals surface area contributed by atoms with Gasteiger partial charge < -0.3 is 4.90 Å². The van der Waals surface area contributed by atoms with E-state index in [1.165, 1.54) is 17.7 Å². The SMILES string of the molecule is O=S(=O)(Nc1nc2ccccc2nc1N1CCN(CC=Cc2ccccc2)CC1)c1ccc(Cl)cc1. The Labute approximate surface area is 216 Å². The molecule has 0 radical (unpaired) electrons. The predicted molar refractivity (Wildman–Crippen MR) is 146 cm³/mol. The van der Waals surface area contributed by atoms with Gasteiger partial charge in [0.25, 0.3) is 10.0 Å². The summed E-state index contributed by atoms with van der Waals surface area (Å²) in [5, 5.41) is 0.469. The number of fused-ring (bicyclic) bond motifs is 1. The van der Waals surface area contributed by atoms with Gasteiger partial charge >= 0.3 is 0 Å². The molecule has 5 rings (SSSR count). The quantitative estimate of drug-likeness (QED) is 0.373. The lowest BCUT2D eigenvalue weighted by Gasteiger charge is -2.35. The Morgan fingerprint density at radius 2 is 1.47 bits per heavy atom. The maximum absolute atomic E-state index is 13.1. The van der Waals surface area contributed by atoms with Crippen LogP contribution in [0.15, 0.2) is 89.8 Å². The van der Waals surface area contributed by atoms with Crippen LogP contribution in [-0.4, -0.2) is 56.0 Å². The first kappa shape index (κ1) is 24.2. The van der Waals surface area contributed by atoms with E-state index in [-0.39, 0.29) is 10.7 Å². The van der Waals surface area contributed by atoms with Gasteiger partial charge in [-0.3, -0.25) is 9.62 Å². The highest BCUT2D eigenvalue weighted by Gasteiger charge is 2.24. The topological polar surface area (TPSA) is 78.4 Å². The molecule has 0 amide bonds. The number of nitrogens with zero attached hydrogens (tertiary/aromatic N) is 4. The summed E-state index contributed by atoms with van der Waals surface area (Å²) < 4.78 is 28.9.